The largest absolute Gasteiger partial charge is 0.474 e. The van der Waals surface area contributed by atoms with Crippen molar-refractivity contribution in [3.8, 4) is 5.88 Å². The van der Waals surface area contributed by atoms with Crippen LogP contribution in [0.15, 0.2) is 29.3 Å². The maximum Gasteiger partial charge on any atom is 0.241 e. The molecule has 1 aromatic carbocycles. The SMILES string of the molecule is Cc1ccc(OC2CCC(NS(=O)(=O)c3c(C)c(C)cc(C)c3C)CC2)nc1. The first-order valence-corrected chi connectivity index (χ1v) is 11.3. The lowest BCUT2D eigenvalue weighted by Gasteiger charge is -2.29. The highest BCUT2D eigenvalue weighted by Gasteiger charge is 2.29. The van der Waals surface area contributed by atoms with Crippen molar-refractivity contribution in [1.29, 1.82) is 0 Å². The van der Waals surface area contributed by atoms with Gasteiger partial charge in [0.25, 0.3) is 0 Å². The van der Waals surface area contributed by atoms with E-state index in [1.54, 1.807) is 6.20 Å². The van der Waals surface area contributed by atoms with E-state index < -0.39 is 10.0 Å². The van der Waals surface area contributed by atoms with Crippen LogP contribution in [0.1, 0.15) is 53.5 Å². The zero-order chi connectivity index (χ0) is 20.5. The van der Waals surface area contributed by atoms with Gasteiger partial charge in [0.15, 0.2) is 0 Å². The molecule has 1 aromatic heterocycles. The number of aryl methyl sites for hydroxylation is 3. The van der Waals surface area contributed by atoms with Crippen LogP contribution in [0.2, 0.25) is 0 Å². The third kappa shape index (κ3) is 4.55. The van der Waals surface area contributed by atoms with Crippen LogP contribution in [-0.4, -0.2) is 25.5 Å². The van der Waals surface area contributed by atoms with E-state index in [1.807, 2.05) is 52.8 Å². The fourth-order valence-corrected chi connectivity index (χ4v) is 5.78. The second-order valence-corrected chi connectivity index (χ2v) is 9.63. The van der Waals surface area contributed by atoms with E-state index >= 15 is 0 Å². The van der Waals surface area contributed by atoms with Crippen LogP contribution in [0, 0.1) is 34.6 Å². The second-order valence-electron chi connectivity index (χ2n) is 7.98. The highest BCUT2D eigenvalue weighted by atomic mass is 32.2. The average molecular weight is 403 g/mol. The van der Waals surface area contributed by atoms with Crippen molar-refractivity contribution in [3.63, 3.8) is 0 Å². The molecule has 1 aliphatic carbocycles. The quantitative estimate of drug-likeness (QED) is 0.810. The van der Waals surface area contributed by atoms with Gasteiger partial charge in [0, 0.05) is 18.3 Å². The summed E-state index contributed by atoms with van der Waals surface area (Å²) in [5, 5.41) is 0. The zero-order valence-corrected chi connectivity index (χ0v) is 18.2. The molecule has 5 nitrogen and oxygen atoms in total. The molecule has 1 saturated carbocycles. The highest BCUT2D eigenvalue weighted by molar-refractivity contribution is 7.89. The van der Waals surface area contributed by atoms with Crippen molar-refractivity contribution in [2.45, 2.75) is 77.3 Å². The molecule has 0 spiro atoms. The van der Waals surface area contributed by atoms with E-state index in [1.165, 1.54) is 0 Å². The summed E-state index contributed by atoms with van der Waals surface area (Å²) in [6, 6.07) is 5.85. The van der Waals surface area contributed by atoms with Crippen LogP contribution in [0.4, 0.5) is 0 Å². The number of pyridine rings is 1. The van der Waals surface area contributed by atoms with Crippen molar-refractivity contribution in [2.75, 3.05) is 0 Å². The summed E-state index contributed by atoms with van der Waals surface area (Å²) in [5.41, 5.74) is 4.77. The Morgan fingerprint density at radius 3 is 2.11 bits per heavy atom. The molecular formula is C22H30N2O3S. The maximum absolute atomic E-state index is 13.1. The molecule has 2 aromatic rings. The van der Waals surface area contributed by atoms with Crippen molar-refractivity contribution in [3.05, 3.63) is 52.2 Å². The Bertz CT molecular complexity index is 918. The first-order valence-electron chi connectivity index (χ1n) is 9.86. The molecule has 1 fully saturated rings. The molecule has 1 heterocycles. The lowest BCUT2D eigenvalue weighted by atomic mass is 9.94. The molecule has 0 amide bonds. The Kier molecular flexibility index (Phi) is 6.10. The summed E-state index contributed by atoms with van der Waals surface area (Å²) in [5.74, 6) is 0.635. The summed E-state index contributed by atoms with van der Waals surface area (Å²) in [4.78, 5) is 4.73. The number of aromatic nitrogens is 1. The molecule has 0 saturated heterocycles. The first-order chi connectivity index (χ1) is 13.2. The minimum absolute atomic E-state index is 0.0598. The van der Waals surface area contributed by atoms with E-state index in [0.29, 0.717) is 10.8 Å². The fraction of sp³-hybridized carbons (Fsp3) is 0.500. The Morgan fingerprint density at radius 2 is 1.57 bits per heavy atom. The molecule has 0 bridgehead atoms. The van der Waals surface area contributed by atoms with Gasteiger partial charge >= 0.3 is 0 Å². The van der Waals surface area contributed by atoms with E-state index in [4.69, 9.17) is 4.74 Å². The van der Waals surface area contributed by atoms with Crippen LogP contribution < -0.4 is 9.46 Å². The van der Waals surface area contributed by atoms with Crippen LogP contribution in [0.25, 0.3) is 0 Å². The van der Waals surface area contributed by atoms with Crippen molar-refractivity contribution >= 4 is 10.0 Å². The topological polar surface area (TPSA) is 68.3 Å². The normalized spacial score (nSPS) is 20.2. The number of hydrogen-bond donors (Lipinski definition) is 1. The Hall–Kier alpha value is -1.92. The standard InChI is InChI=1S/C22H30N2O3S/c1-14-6-11-21(23-13-14)27-20-9-7-19(8-10-20)24-28(25,26)22-17(4)15(2)12-16(3)18(22)5/h6,11-13,19-20,24H,7-10H2,1-5H3. The molecule has 0 atom stereocenters. The van der Waals surface area contributed by atoms with E-state index in [9.17, 15) is 8.42 Å². The van der Waals surface area contributed by atoms with Gasteiger partial charge in [-0.05, 0) is 88.1 Å². The maximum atomic E-state index is 13.1. The molecule has 28 heavy (non-hydrogen) atoms. The summed E-state index contributed by atoms with van der Waals surface area (Å²) in [6.07, 6.45) is 5.03. The summed E-state index contributed by atoms with van der Waals surface area (Å²) in [7, 11) is -3.55. The Balaban J connectivity index is 1.65. The van der Waals surface area contributed by atoms with E-state index in [0.717, 1.165) is 53.5 Å². The van der Waals surface area contributed by atoms with Gasteiger partial charge in [-0.1, -0.05) is 12.1 Å². The summed E-state index contributed by atoms with van der Waals surface area (Å²) < 4.78 is 35.1. The van der Waals surface area contributed by atoms with Crippen LogP contribution >= 0.6 is 0 Å². The van der Waals surface area contributed by atoms with Crippen molar-refractivity contribution in [2.24, 2.45) is 0 Å². The third-order valence-corrected chi connectivity index (χ3v) is 7.53. The monoisotopic (exact) mass is 402 g/mol. The number of ether oxygens (including phenoxy) is 1. The lowest BCUT2D eigenvalue weighted by molar-refractivity contribution is 0.138. The molecule has 0 unspecified atom stereocenters. The van der Waals surface area contributed by atoms with Gasteiger partial charge in [0.05, 0.1) is 4.90 Å². The molecule has 0 aliphatic heterocycles. The average Bonchev–Trinajstić information content (AvgIpc) is 2.63. The minimum Gasteiger partial charge on any atom is -0.474 e. The lowest BCUT2D eigenvalue weighted by Crippen LogP contribution is -2.40. The number of nitrogens with one attached hydrogen (secondary N) is 1. The fourth-order valence-electron chi connectivity index (χ4n) is 3.86. The van der Waals surface area contributed by atoms with Crippen molar-refractivity contribution < 1.29 is 13.2 Å². The van der Waals surface area contributed by atoms with Gasteiger partial charge < -0.3 is 4.74 Å². The number of rotatable bonds is 5. The van der Waals surface area contributed by atoms with Gasteiger partial charge in [-0.25, -0.2) is 18.1 Å². The second kappa shape index (κ2) is 8.21. The predicted octanol–water partition coefficient (Wildman–Crippen LogP) is 4.29. The van der Waals surface area contributed by atoms with E-state index in [-0.39, 0.29) is 12.1 Å². The molecule has 6 heteroatoms. The minimum atomic E-state index is -3.55. The molecule has 0 radical (unpaired) electrons. The highest BCUT2D eigenvalue weighted by Crippen LogP contribution is 2.28. The van der Waals surface area contributed by atoms with Gasteiger partial charge in [-0.3, -0.25) is 0 Å². The summed E-state index contributed by atoms with van der Waals surface area (Å²) in [6.45, 7) is 9.68. The van der Waals surface area contributed by atoms with Crippen molar-refractivity contribution in [1.82, 2.24) is 9.71 Å². The third-order valence-electron chi connectivity index (χ3n) is 5.73. The first kappa shape index (κ1) is 20.8. The zero-order valence-electron chi connectivity index (χ0n) is 17.4. The number of nitrogens with zero attached hydrogens (tertiary/aromatic N) is 1. The predicted molar refractivity (Wildman–Crippen MR) is 111 cm³/mol. The number of benzene rings is 1. The van der Waals surface area contributed by atoms with Gasteiger partial charge in [0.2, 0.25) is 15.9 Å². The molecule has 1 N–H and O–H groups in total. The van der Waals surface area contributed by atoms with Crippen LogP contribution in [0.3, 0.4) is 0 Å². The van der Waals surface area contributed by atoms with Crippen LogP contribution in [-0.2, 0) is 10.0 Å². The van der Waals surface area contributed by atoms with Gasteiger partial charge in [-0.15, -0.1) is 0 Å². The molecular weight excluding hydrogens is 372 g/mol. The smallest absolute Gasteiger partial charge is 0.241 e. The van der Waals surface area contributed by atoms with Gasteiger partial charge in [-0.2, -0.15) is 0 Å². The molecule has 3 rings (SSSR count). The molecule has 1 aliphatic rings. The van der Waals surface area contributed by atoms with Crippen LogP contribution in [0.5, 0.6) is 5.88 Å². The summed E-state index contributed by atoms with van der Waals surface area (Å²) >= 11 is 0. The Morgan fingerprint density at radius 1 is 0.964 bits per heavy atom. The van der Waals surface area contributed by atoms with E-state index in [2.05, 4.69) is 9.71 Å². The Labute approximate surface area is 168 Å². The van der Waals surface area contributed by atoms with Gasteiger partial charge in [0.1, 0.15) is 6.10 Å². The number of sulfonamides is 1. The molecule has 152 valence electrons. The number of hydrogen-bond acceptors (Lipinski definition) is 4.